The van der Waals surface area contributed by atoms with Gasteiger partial charge in [0.05, 0.1) is 5.69 Å². The first kappa shape index (κ1) is 11.8. The molecule has 1 heterocycles. The fraction of sp³-hybridized carbons (Fsp3) is 0.182. The van der Waals surface area contributed by atoms with E-state index in [0.717, 1.165) is 20.2 Å². The summed E-state index contributed by atoms with van der Waals surface area (Å²) in [4.78, 5) is 0. The monoisotopic (exact) mass is 344 g/mol. The molecule has 1 N–H and O–H groups in total. The lowest BCUT2D eigenvalue weighted by atomic mass is 10.1. The van der Waals surface area contributed by atoms with Gasteiger partial charge in [-0.2, -0.15) is 5.10 Å². The Hall–Kier alpha value is -0.650. The van der Waals surface area contributed by atoms with Crippen molar-refractivity contribution in [2.75, 3.05) is 0 Å². The molecule has 0 bridgehead atoms. The maximum absolute atomic E-state index is 10.2. The number of hydrogen-bond acceptors (Lipinski definition) is 2. The third-order valence-electron chi connectivity index (χ3n) is 2.40. The van der Waals surface area contributed by atoms with Gasteiger partial charge < -0.3 is 5.11 Å². The maximum atomic E-state index is 10.2. The van der Waals surface area contributed by atoms with Gasteiger partial charge in [-0.1, -0.05) is 37.9 Å². The maximum Gasteiger partial charge on any atom is 0.122 e. The molecule has 0 aliphatic heterocycles. The van der Waals surface area contributed by atoms with Gasteiger partial charge >= 0.3 is 0 Å². The number of benzene rings is 1. The Kier molecular flexibility index (Phi) is 3.47. The summed E-state index contributed by atoms with van der Waals surface area (Å²) in [7, 11) is 1.81. The molecular formula is C11H10Br2N2O. The van der Waals surface area contributed by atoms with E-state index < -0.39 is 6.10 Å². The van der Waals surface area contributed by atoms with Crippen LogP contribution >= 0.6 is 31.9 Å². The topological polar surface area (TPSA) is 38.0 Å². The number of nitrogens with zero attached hydrogens (tertiary/aromatic N) is 2. The summed E-state index contributed by atoms with van der Waals surface area (Å²) < 4.78 is 3.51. The van der Waals surface area contributed by atoms with E-state index in [1.807, 2.05) is 25.2 Å². The second-order valence-electron chi connectivity index (χ2n) is 3.45. The van der Waals surface area contributed by atoms with E-state index in [2.05, 4.69) is 37.0 Å². The molecule has 2 aromatic rings. The van der Waals surface area contributed by atoms with Crippen LogP contribution in [0.5, 0.6) is 0 Å². The van der Waals surface area contributed by atoms with Gasteiger partial charge in [0, 0.05) is 27.8 Å². The van der Waals surface area contributed by atoms with Gasteiger partial charge in [0.25, 0.3) is 0 Å². The number of aliphatic hydroxyl groups is 1. The molecule has 0 radical (unpaired) electrons. The van der Waals surface area contributed by atoms with Crippen LogP contribution in [0.4, 0.5) is 0 Å². The Morgan fingerprint density at radius 2 is 2.06 bits per heavy atom. The molecule has 0 amide bonds. The fourth-order valence-corrected chi connectivity index (χ4v) is 2.80. The van der Waals surface area contributed by atoms with Crippen LogP contribution in [0, 0.1) is 0 Å². The predicted octanol–water partition coefficient (Wildman–Crippen LogP) is 3.03. The van der Waals surface area contributed by atoms with Crippen LogP contribution in [-0.4, -0.2) is 14.9 Å². The lowest BCUT2D eigenvalue weighted by Gasteiger charge is -2.13. The molecule has 0 fully saturated rings. The third-order valence-corrected chi connectivity index (χ3v) is 3.58. The molecule has 0 aliphatic rings. The number of halogens is 2. The normalized spacial score (nSPS) is 12.8. The minimum absolute atomic E-state index is 0.671. The SMILES string of the molecule is Cn1nccc1C(O)c1ccc(Br)cc1Br. The zero-order valence-corrected chi connectivity index (χ0v) is 11.7. The van der Waals surface area contributed by atoms with Gasteiger partial charge in [-0.05, 0) is 18.2 Å². The average molecular weight is 346 g/mol. The first-order chi connectivity index (χ1) is 7.59. The Labute approximate surface area is 110 Å². The van der Waals surface area contributed by atoms with Crippen LogP contribution in [-0.2, 0) is 7.05 Å². The second kappa shape index (κ2) is 4.69. The van der Waals surface area contributed by atoms with Gasteiger partial charge in [0.1, 0.15) is 6.10 Å². The summed E-state index contributed by atoms with van der Waals surface area (Å²) in [6.07, 6.45) is 1.00. The smallest absolute Gasteiger partial charge is 0.122 e. The lowest BCUT2D eigenvalue weighted by Crippen LogP contribution is -2.07. The standard InChI is InChI=1S/C11H10Br2N2O/c1-15-10(4-5-14-15)11(16)8-3-2-7(12)6-9(8)13/h2-6,11,16H,1H3. The van der Waals surface area contributed by atoms with Crippen LogP contribution in [0.3, 0.4) is 0 Å². The molecule has 0 aliphatic carbocycles. The van der Waals surface area contributed by atoms with E-state index in [1.165, 1.54) is 0 Å². The lowest BCUT2D eigenvalue weighted by molar-refractivity contribution is 0.209. The molecule has 16 heavy (non-hydrogen) atoms. The largest absolute Gasteiger partial charge is 0.382 e. The van der Waals surface area contributed by atoms with Gasteiger partial charge in [0.15, 0.2) is 0 Å². The third kappa shape index (κ3) is 2.21. The molecular weight excluding hydrogens is 336 g/mol. The van der Waals surface area contributed by atoms with E-state index in [1.54, 1.807) is 16.9 Å². The molecule has 0 spiro atoms. The van der Waals surface area contributed by atoms with E-state index >= 15 is 0 Å². The molecule has 3 nitrogen and oxygen atoms in total. The first-order valence-electron chi connectivity index (χ1n) is 4.70. The Balaban J connectivity index is 2.41. The van der Waals surface area contributed by atoms with Crippen molar-refractivity contribution in [3.63, 3.8) is 0 Å². The summed E-state index contributed by atoms with van der Waals surface area (Å²) in [5, 5.41) is 14.3. The molecule has 1 unspecified atom stereocenters. The molecule has 84 valence electrons. The molecule has 1 aromatic heterocycles. The Morgan fingerprint density at radius 1 is 1.31 bits per heavy atom. The quantitative estimate of drug-likeness (QED) is 0.908. The van der Waals surface area contributed by atoms with Crippen molar-refractivity contribution in [2.45, 2.75) is 6.10 Å². The highest BCUT2D eigenvalue weighted by molar-refractivity contribution is 9.11. The molecule has 1 aromatic carbocycles. The fourth-order valence-electron chi connectivity index (χ4n) is 1.53. The molecule has 2 rings (SSSR count). The summed E-state index contributed by atoms with van der Waals surface area (Å²) in [6, 6.07) is 7.50. The number of aromatic nitrogens is 2. The van der Waals surface area contributed by atoms with Gasteiger partial charge in [-0.3, -0.25) is 4.68 Å². The number of hydrogen-bond donors (Lipinski definition) is 1. The minimum Gasteiger partial charge on any atom is -0.382 e. The zero-order chi connectivity index (χ0) is 11.7. The highest BCUT2D eigenvalue weighted by Crippen LogP contribution is 2.30. The van der Waals surface area contributed by atoms with E-state index in [-0.39, 0.29) is 0 Å². The summed E-state index contributed by atoms with van der Waals surface area (Å²) in [5.41, 5.74) is 1.59. The number of rotatable bonds is 2. The van der Waals surface area contributed by atoms with Crippen molar-refractivity contribution >= 4 is 31.9 Å². The second-order valence-corrected chi connectivity index (χ2v) is 5.22. The Morgan fingerprint density at radius 3 is 2.62 bits per heavy atom. The summed E-state index contributed by atoms with van der Waals surface area (Å²) in [5.74, 6) is 0. The van der Waals surface area contributed by atoms with Crippen molar-refractivity contribution in [3.05, 3.63) is 50.7 Å². The van der Waals surface area contributed by atoms with Crippen LogP contribution < -0.4 is 0 Å². The zero-order valence-electron chi connectivity index (χ0n) is 8.56. The van der Waals surface area contributed by atoms with Gasteiger partial charge in [-0.15, -0.1) is 0 Å². The van der Waals surface area contributed by atoms with Gasteiger partial charge in [0.2, 0.25) is 0 Å². The van der Waals surface area contributed by atoms with Crippen LogP contribution in [0.1, 0.15) is 17.4 Å². The van der Waals surface area contributed by atoms with Crippen molar-refractivity contribution in [1.82, 2.24) is 9.78 Å². The highest BCUT2D eigenvalue weighted by Gasteiger charge is 2.16. The summed E-state index contributed by atoms with van der Waals surface area (Å²) >= 11 is 6.82. The van der Waals surface area contributed by atoms with E-state index in [0.29, 0.717) is 0 Å². The van der Waals surface area contributed by atoms with Crippen molar-refractivity contribution in [3.8, 4) is 0 Å². The predicted molar refractivity (Wildman–Crippen MR) is 69.1 cm³/mol. The van der Waals surface area contributed by atoms with E-state index in [4.69, 9.17) is 0 Å². The van der Waals surface area contributed by atoms with Crippen molar-refractivity contribution < 1.29 is 5.11 Å². The molecule has 5 heteroatoms. The number of aryl methyl sites for hydroxylation is 1. The van der Waals surface area contributed by atoms with Crippen molar-refractivity contribution in [1.29, 1.82) is 0 Å². The molecule has 0 saturated carbocycles. The number of aliphatic hydroxyl groups excluding tert-OH is 1. The van der Waals surface area contributed by atoms with Gasteiger partial charge in [-0.25, -0.2) is 0 Å². The van der Waals surface area contributed by atoms with Crippen LogP contribution in [0.25, 0.3) is 0 Å². The summed E-state index contributed by atoms with van der Waals surface area (Å²) in [6.45, 7) is 0. The molecule has 0 saturated heterocycles. The van der Waals surface area contributed by atoms with Crippen molar-refractivity contribution in [2.24, 2.45) is 7.05 Å². The first-order valence-corrected chi connectivity index (χ1v) is 6.29. The Bertz CT molecular complexity index is 510. The minimum atomic E-state index is -0.671. The molecule has 1 atom stereocenters. The van der Waals surface area contributed by atoms with Crippen LogP contribution in [0.2, 0.25) is 0 Å². The average Bonchev–Trinajstić information content (AvgIpc) is 2.63. The van der Waals surface area contributed by atoms with Crippen LogP contribution in [0.15, 0.2) is 39.4 Å². The van der Waals surface area contributed by atoms with E-state index in [9.17, 15) is 5.11 Å². The highest BCUT2D eigenvalue weighted by atomic mass is 79.9.